The van der Waals surface area contributed by atoms with Crippen molar-refractivity contribution >= 4 is 20.0 Å². The molecule has 0 spiro atoms. The molecule has 0 amide bonds. The third-order valence-corrected chi connectivity index (χ3v) is 7.20. The summed E-state index contributed by atoms with van der Waals surface area (Å²) in [6.45, 7) is 8.83. The first-order valence-electron chi connectivity index (χ1n) is 7.84. The van der Waals surface area contributed by atoms with Gasteiger partial charge in [-0.2, -0.15) is 43.9 Å². The lowest BCUT2D eigenvalue weighted by atomic mass is 10.4. The van der Waals surface area contributed by atoms with Crippen LogP contribution >= 0.6 is 0 Å². The fourth-order valence-electron chi connectivity index (χ4n) is 1.37. The van der Waals surface area contributed by atoms with Gasteiger partial charge < -0.3 is 13.3 Å². The summed E-state index contributed by atoms with van der Waals surface area (Å²) in [7, 11) is -11.2. The van der Waals surface area contributed by atoms with Gasteiger partial charge in [0.15, 0.2) is 20.0 Å². The maximum atomic E-state index is 12.3. The number of likely N-dealkylation sites (N-methyl/N-ethyl adjacent to an activating group) is 1. The van der Waals surface area contributed by atoms with Crippen molar-refractivity contribution in [2.24, 2.45) is 0 Å². The first-order valence-corrected chi connectivity index (χ1v) is 10.7. The number of sulfonamides is 2. The van der Waals surface area contributed by atoms with E-state index in [1.54, 1.807) is 7.11 Å². The Balaban J connectivity index is 0. The van der Waals surface area contributed by atoms with Gasteiger partial charge in [0, 0.05) is 7.11 Å². The third-order valence-electron chi connectivity index (χ3n) is 3.87. The molecular weight excluding hydrogens is 506 g/mol. The number of methoxy groups -OCH3 is 1. The van der Waals surface area contributed by atoms with E-state index in [9.17, 15) is 60.7 Å². The van der Waals surface area contributed by atoms with Crippen LogP contribution in [0.15, 0.2) is 0 Å². The van der Waals surface area contributed by atoms with Crippen molar-refractivity contribution in [3.8, 4) is 0 Å². The topological polar surface area (TPSA) is 91.6 Å². The van der Waals surface area contributed by atoms with Crippen LogP contribution in [0.2, 0.25) is 0 Å². The van der Waals surface area contributed by atoms with Gasteiger partial charge in [0.1, 0.15) is 6.54 Å². The molecule has 0 fully saturated rings. The van der Waals surface area contributed by atoms with Gasteiger partial charge in [0.05, 0.1) is 26.7 Å². The number of halogens is 10. The van der Waals surface area contributed by atoms with Crippen molar-refractivity contribution in [1.29, 1.82) is 0 Å². The molecule has 190 valence electrons. The first kappa shape index (κ1) is 32.3. The van der Waals surface area contributed by atoms with Gasteiger partial charge in [-0.15, -0.1) is 0 Å². The van der Waals surface area contributed by atoms with Crippen molar-refractivity contribution < 1.29 is 70.0 Å². The second-order valence-corrected chi connectivity index (χ2v) is 9.54. The lowest BCUT2D eigenvalue weighted by Crippen LogP contribution is -2.48. The smallest absolute Gasteiger partial charge is 0.425 e. The highest BCUT2D eigenvalue weighted by atomic mass is 32.3. The predicted octanol–water partition coefficient (Wildman–Crippen LogP) is 3.45. The molecule has 0 radical (unpaired) electrons. The molecule has 0 saturated heterocycles. The predicted molar refractivity (Wildman–Crippen MR) is 87.2 cm³/mol. The number of rotatable bonds is 9. The minimum Gasteiger partial charge on any atom is -0.425 e. The van der Waals surface area contributed by atoms with Gasteiger partial charge in [-0.25, -0.2) is 16.8 Å². The summed E-state index contributed by atoms with van der Waals surface area (Å²) in [6, 6.07) is 0. The number of ether oxygens (including phenoxy) is 1. The van der Waals surface area contributed by atoms with Gasteiger partial charge in [0.2, 0.25) is 0 Å². The zero-order valence-corrected chi connectivity index (χ0v) is 18.0. The Labute approximate surface area is 172 Å². The van der Waals surface area contributed by atoms with Gasteiger partial charge >= 0.3 is 22.9 Å². The van der Waals surface area contributed by atoms with Gasteiger partial charge in [-0.05, 0) is 13.8 Å². The van der Waals surface area contributed by atoms with E-state index in [-0.39, 0.29) is 0 Å². The van der Waals surface area contributed by atoms with E-state index in [2.05, 4.69) is 20.9 Å². The molecule has 0 heterocycles. The molecule has 7 nitrogen and oxygen atoms in total. The molecule has 0 aromatic heterocycles. The van der Waals surface area contributed by atoms with E-state index in [1.807, 2.05) is 0 Å². The molecular formula is C12H20F10N2O5S2. The highest BCUT2D eigenvalue weighted by molar-refractivity contribution is 8.13. The number of alkyl halides is 10. The molecule has 31 heavy (non-hydrogen) atoms. The average Bonchev–Trinajstić information content (AvgIpc) is 2.57. The van der Waals surface area contributed by atoms with E-state index in [0.29, 0.717) is 4.13 Å². The maximum absolute atomic E-state index is 12.3. The van der Waals surface area contributed by atoms with Crippen LogP contribution in [0.25, 0.3) is 4.13 Å². The van der Waals surface area contributed by atoms with Crippen molar-refractivity contribution in [2.45, 2.75) is 36.7 Å². The van der Waals surface area contributed by atoms with E-state index >= 15 is 0 Å². The van der Waals surface area contributed by atoms with E-state index in [0.717, 1.165) is 17.6 Å². The molecule has 0 saturated carbocycles. The van der Waals surface area contributed by atoms with Gasteiger partial charge in [-0.1, -0.05) is 0 Å². The SMILES string of the molecule is CC[N+](C)(CC)CCOC.O=S(=O)([N-]S(=O)(=O)C(F)(F)C(F)(F)F)C(F)(F)C(F)(F)F. The summed E-state index contributed by atoms with van der Waals surface area (Å²) < 4.78 is 167. The van der Waals surface area contributed by atoms with Crippen molar-refractivity contribution in [3.05, 3.63) is 4.13 Å². The molecule has 0 aromatic carbocycles. The third kappa shape index (κ3) is 7.86. The maximum Gasteiger partial charge on any atom is 0.467 e. The largest absolute Gasteiger partial charge is 0.467 e. The Hall–Kier alpha value is -0.920. The lowest BCUT2D eigenvalue weighted by molar-refractivity contribution is -0.906. The number of hydrogen-bond donors (Lipinski definition) is 0. The Morgan fingerprint density at radius 3 is 1.23 bits per heavy atom. The highest BCUT2D eigenvalue weighted by Crippen LogP contribution is 2.47. The van der Waals surface area contributed by atoms with E-state index in [4.69, 9.17) is 4.74 Å². The van der Waals surface area contributed by atoms with Crippen LogP contribution < -0.4 is 0 Å². The molecule has 0 N–H and O–H groups in total. The summed E-state index contributed by atoms with van der Waals surface area (Å²) in [6.07, 6.45) is -14.0. The van der Waals surface area contributed by atoms with Crippen molar-refractivity contribution in [3.63, 3.8) is 0 Å². The summed E-state index contributed by atoms with van der Waals surface area (Å²) in [5, 5.41) is -14.0. The minimum atomic E-state index is -7.62. The second-order valence-electron chi connectivity index (χ2n) is 6.02. The Kier molecular flexibility index (Phi) is 10.8. The molecule has 0 bridgehead atoms. The molecule has 0 unspecified atom stereocenters. The highest BCUT2D eigenvalue weighted by Gasteiger charge is 2.68. The molecule has 0 aliphatic carbocycles. The van der Waals surface area contributed by atoms with E-state index < -0.39 is 42.9 Å². The van der Waals surface area contributed by atoms with Crippen LogP contribution in [0.4, 0.5) is 43.9 Å². The van der Waals surface area contributed by atoms with Crippen molar-refractivity contribution in [2.75, 3.05) is 40.4 Å². The molecule has 0 aliphatic heterocycles. The average molecular weight is 526 g/mol. The second kappa shape index (κ2) is 10.3. The van der Waals surface area contributed by atoms with Gasteiger partial charge in [-0.3, -0.25) is 0 Å². The summed E-state index contributed by atoms with van der Waals surface area (Å²) >= 11 is 0. The van der Waals surface area contributed by atoms with Crippen LogP contribution in [-0.2, 0) is 24.8 Å². The zero-order chi connectivity index (χ0) is 25.7. The normalized spacial score (nSPS) is 14.8. The first-order chi connectivity index (χ1) is 13.4. The number of hydrogen-bond acceptors (Lipinski definition) is 5. The molecule has 0 rings (SSSR count). The Morgan fingerprint density at radius 2 is 1.03 bits per heavy atom. The quantitative estimate of drug-likeness (QED) is 0.339. The molecule has 19 heteroatoms. The van der Waals surface area contributed by atoms with Crippen LogP contribution in [0.5, 0.6) is 0 Å². The van der Waals surface area contributed by atoms with Crippen LogP contribution in [0.3, 0.4) is 0 Å². The summed E-state index contributed by atoms with van der Waals surface area (Å²) in [5.74, 6) is 0. The van der Waals surface area contributed by atoms with Crippen LogP contribution in [-0.4, -0.2) is 84.6 Å². The lowest BCUT2D eigenvalue weighted by Gasteiger charge is -2.31. The Bertz CT molecular complexity index is 721. The summed E-state index contributed by atoms with van der Waals surface area (Å²) in [4.78, 5) is 0. The minimum absolute atomic E-state index is 0.422. The van der Waals surface area contributed by atoms with Crippen molar-refractivity contribution in [1.82, 2.24) is 0 Å². The fourth-order valence-corrected chi connectivity index (χ4v) is 3.73. The zero-order valence-electron chi connectivity index (χ0n) is 16.4. The van der Waals surface area contributed by atoms with Gasteiger partial charge in [0.25, 0.3) is 0 Å². The number of quaternary nitrogens is 1. The Morgan fingerprint density at radius 1 is 0.742 bits per heavy atom. The monoisotopic (exact) mass is 526 g/mol. The van der Waals surface area contributed by atoms with Crippen LogP contribution in [0, 0.1) is 0 Å². The number of nitrogens with zero attached hydrogens (tertiary/aromatic N) is 2. The molecule has 0 aliphatic rings. The molecule has 0 atom stereocenters. The summed E-state index contributed by atoms with van der Waals surface area (Å²) in [5.41, 5.74) is 0. The van der Waals surface area contributed by atoms with E-state index in [1.165, 1.54) is 13.1 Å². The van der Waals surface area contributed by atoms with Crippen LogP contribution in [0.1, 0.15) is 13.8 Å². The standard InChI is InChI=1S/C8H20NO.C4F10NO4S2/c1-5-9(3,6-2)7-8-10-4;5-1(6,7)3(11,12)20(16,17)15-21(18,19)4(13,14)2(8,9)10/h5-8H2,1-4H3;/q+1;-1. The molecule has 0 aromatic rings. The fraction of sp³-hybridized carbons (Fsp3) is 1.00.